The van der Waals surface area contributed by atoms with Crippen molar-refractivity contribution in [3.8, 4) is 5.75 Å². The second-order valence-electron chi connectivity index (χ2n) is 2.63. The molecule has 0 heterocycles. The second kappa shape index (κ2) is 5.43. The van der Waals surface area contributed by atoms with Gasteiger partial charge in [0.2, 0.25) is 0 Å². The Bertz CT molecular complexity index is 233. The summed E-state index contributed by atoms with van der Waals surface area (Å²) in [6.45, 7) is 3.36. The lowest BCUT2D eigenvalue weighted by Crippen LogP contribution is -2.01. The van der Waals surface area contributed by atoms with Gasteiger partial charge in [-0.15, -0.1) is 0 Å². The van der Waals surface area contributed by atoms with Crippen LogP contribution in [0.25, 0.3) is 0 Å². The summed E-state index contributed by atoms with van der Waals surface area (Å²) in [7, 11) is 0. The Balaban J connectivity index is 2.48. The lowest BCUT2D eigenvalue weighted by molar-refractivity contribution is 0.201. The van der Waals surface area contributed by atoms with Crippen LogP contribution in [0, 0.1) is 0 Å². The Morgan fingerprint density at radius 2 is 2.00 bits per heavy atom. The minimum atomic E-state index is 0.0506. The van der Waals surface area contributed by atoms with Gasteiger partial charge in [0.15, 0.2) is 0 Å². The monoisotopic (exact) mass is 181 g/mol. The number of aliphatic hydroxyl groups excluding tert-OH is 1. The van der Waals surface area contributed by atoms with Crippen molar-refractivity contribution < 1.29 is 9.84 Å². The van der Waals surface area contributed by atoms with Crippen LogP contribution in [0.5, 0.6) is 5.75 Å². The van der Waals surface area contributed by atoms with E-state index < -0.39 is 0 Å². The molecule has 1 rings (SSSR count). The molecule has 1 aromatic carbocycles. The summed E-state index contributed by atoms with van der Waals surface area (Å²) in [5.41, 5.74) is 1.08. The number of anilines is 1. The zero-order valence-corrected chi connectivity index (χ0v) is 7.79. The summed E-state index contributed by atoms with van der Waals surface area (Å²) in [5.74, 6) is 0.788. The van der Waals surface area contributed by atoms with Gasteiger partial charge in [-0.05, 0) is 31.2 Å². The third kappa shape index (κ3) is 3.34. The van der Waals surface area contributed by atoms with Crippen molar-refractivity contribution >= 4 is 5.69 Å². The average Bonchev–Trinajstić information content (AvgIpc) is 2.17. The first-order valence-corrected chi connectivity index (χ1v) is 4.44. The van der Waals surface area contributed by atoms with Gasteiger partial charge in [0.25, 0.3) is 0 Å². The fourth-order valence-corrected chi connectivity index (χ4v) is 1.04. The van der Waals surface area contributed by atoms with Crippen LogP contribution in [0.2, 0.25) is 0 Å². The first-order valence-electron chi connectivity index (χ1n) is 4.44. The maximum Gasteiger partial charge on any atom is 0.119 e. The molecular weight excluding hydrogens is 166 g/mol. The predicted octanol–water partition coefficient (Wildman–Crippen LogP) is 1.49. The van der Waals surface area contributed by atoms with Crippen LogP contribution >= 0.6 is 0 Å². The minimum Gasteiger partial charge on any atom is -0.491 e. The molecule has 0 aromatic heterocycles. The minimum absolute atomic E-state index is 0.0506. The lowest BCUT2D eigenvalue weighted by atomic mass is 10.3. The molecular formula is C10H15NO2. The van der Waals surface area contributed by atoms with Crippen molar-refractivity contribution in [2.45, 2.75) is 6.92 Å². The molecule has 3 heteroatoms. The van der Waals surface area contributed by atoms with Crippen molar-refractivity contribution in [1.29, 1.82) is 0 Å². The predicted molar refractivity (Wildman–Crippen MR) is 53.2 cm³/mol. The molecule has 0 unspecified atom stereocenters. The molecule has 0 saturated heterocycles. The van der Waals surface area contributed by atoms with E-state index in [1.807, 2.05) is 24.3 Å². The highest BCUT2D eigenvalue weighted by atomic mass is 16.5. The van der Waals surface area contributed by atoms with Crippen LogP contribution in [0.15, 0.2) is 24.3 Å². The molecule has 0 spiro atoms. The van der Waals surface area contributed by atoms with Crippen LogP contribution in [0.1, 0.15) is 6.92 Å². The average molecular weight is 181 g/mol. The summed E-state index contributed by atoms with van der Waals surface area (Å²) in [6.07, 6.45) is 0. The molecule has 0 aliphatic carbocycles. The molecule has 0 amide bonds. The van der Waals surface area contributed by atoms with Gasteiger partial charge in [-0.2, -0.15) is 0 Å². The van der Waals surface area contributed by atoms with E-state index in [0.717, 1.165) is 18.0 Å². The number of nitrogens with one attached hydrogen (secondary N) is 1. The van der Waals surface area contributed by atoms with E-state index >= 15 is 0 Å². The fourth-order valence-electron chi connectivity index (χ4n) is 1.04. The van der Waals surface area contributed by atoms with Gasteiger partial charge in [0.05, 0.1) is 6.61 Å². The highest BCUT2D eigenvalue weighted by Gasteiger charge is 1.92. The van der Waals surface area contributed by atoms with Crippen LogP contribution in [0.3, 0.4) is 0 Å². The third-order valence-corrected chi connectivity index (χ3v) is 1.60. The van der Waals surface area contributed by atoms with Gasteiger partial charge in [0.1, 0.15) is 12.4 Å². The number of aliphatic hydroxyl groups is 1. The van der Waals surface area contributed by atoms with Crippen molar-refractivity contribution in [1.82, 2.24) is 0 Å². The maximum absolute atomic E-state index is 8.53. The summed E-state index contributed by atoms with van der Waals surface area (Å²) in [5, 5.41) is 11.7. The van der Waals surface area contributed by atoms with Crippen LogP contribution in [-0.4, -0.2) is 24.9 Å². The Morgan fingerprint density at radius 3 is 2.54 bits per heavy atom. The van der Waals surface area contributed by atoms with Crippen molar-refractivity contribution in [3.63, 3.8) is 0 Å². The first-order chi connectivity index (χ1) is 6.36. The summed E-state index contributed by atoms with van der Waals surface area (Å²) in [6, 6.07) is 7.67. The molecule has 13 heavy (non-hydrogen) atoms. The molecule has 3 nitrogen and oxygen atoms in total. The number of rotatable bonds is 5. The molecule has 0 atom stereocenters. The third-order valence-electron chi connectivity index (χ3n) is 1.60. The normalized spacial score (nSPS) is 9.69. The highest BCUT2D eigenvalue weighted by molar-refractivity contribution is 5.46. The highest BCUT2D eigenvalue weighted by Crippen LogP contribution is 2.14. The molecule has 0 radical (unpaired) electrons. The van der Waals surface area contributed by atoms with Gasteiger partial charge in [-0.3, -0.25) is 0 Å². The first kappa shape index (κ1) is 9.86. The van der Waals surface area contributed by atoms with Gasteiger partial charge in [-0.1, -0.05) is 0 Å². The van der Waals surface area contributed by atoms with Crippen molar-refractivity contribution in [2.75, 3.05) is 25.1 Å². The van der Waals surface area contributed by atoms with E-state index in [1.54, 1.807) is 0 Å². The molecule has 0 aliphatic rings. The molecule has 0 aliphatic heterocycles. The quantitative estimate of drug-likeness (QED) is 0.723. The van der Waals surface area contributed by atoms with E-state index in [1.165, 1.54) is 0 Å². The smallest absolute Gasteiger partial charge is 0.119 e. The molecule has 72 valence electrons. The summed E-state index contributed by atoms with van der Waals surface area (Å²) < 4.78 is 5.21. The topological polar surface area (TPSA) is 41.5 Å². The molecule has 0 fully saturated rings. The molecule has 1 aromatic rings. The van der Waals surface area contributed by atoms with E-state index in [-0.39, 0.29) is 6.61 Å². The number of hydrogen-bond donors (Lipinski definition) is 2. The lowest BCUT2D eigenvalue weighted by Gasteiger charge is -2.06. The van der Waals surface area contributed by atoms with Gasteiger partial charge in [-0.25, -0.2) is 0 Å². The van der Waals surface area contributed by atoms with E-state index in [0.29, 0.717) is 6.61 Å². The van der Waals surface area contributed by atoms with E-state index in [2.05, 4.69) is 12.2 Å². The zero-order chi connectivity index (χ0) is 9.52. The van der Waals surface area contributed by atoms with Gasteiger partial charge >= 0.3 is 0 Å². The van der Waals surface area contributed by atoms with Crippen LogP contribution in [-0.2, 0) is 0 Å². The maximum atomic E-state index is 8.53. The Labute approximate surface area is 78.3 Å². The van der Waals surface area contributed by atoms with Crippen LogP contribution < -0.4 is 10.1 Å². The second-order valence-corrected chi connectivity index (χ2v) is 2.63. The zero-order valence-electron chi connectivity index (χ0n) is 7.79. The van der Waals surface area contributed by atoms with E-state index in [4.69, 9.17) is 9.84 Å². The SMILES string of the molecule is CCNc1ccc(OCCO)cc1. The largest absolute Gasteiger partial charge is 0.491 e. The molecule has 2 N–H and O–H groups in total. The number of benzene rings is 1. The number of ether oxygens (including phenoxy) is 1. The van der Waals surface area contributed by atoms with Crippen molar-refractivity contribution in [3.05, 3.63) is 24.3 Å². The van der Waals surface area contributed by atoms with Crippen LogP contribution in [0.4, 0.5) is 5.69 Å². The van der Waals surface area contributed by atoms with Gasteiger partial charge in [0, 0.05) is 12.2 Å². The van der Waals surface area contributed by atoms with Crippen molar-refractivity contribution in [2.24, 2.45) is 0 Å². The Hall–Kier alpha value is -1.22. The standard InChI is InChI=1S/C10H15NO2/c1-2-11-9-3-5-10(6-4-9)13-8-7-12/h3-6,11-12H,2,7-8H2,1H3. The molecule has 0 bridgehead atoms. The van der Waals surface area contributed by atoms with Gasteiger partial charge < -0.3 is 15.2 Å². The summed E-state index contributed by atoms with van der Waals surface area (Å²) in [4.78, 5) is 0. The van der Waals surface area contributed by atoms with E-state index in [9.17, 15) is 0 Å². The molecule has 0 saturated carbocycles. The summed E-state index contributed by atoms with van der Waals surface area (Å²) >= 11 is 0. The Morgan fingerprint density at radius 1 is 1.31 bits per heavy atom. The number of hydrogen-bond acceptors (Lipinski definition) is 3. The fraction of sp³-hybridized carbons (Fsp3) is 0.400. The Kier molecular flexibility index (Phi) is 4.12.